The van der Waals surface area contributed by atoms with Gasteiger partial charge in [0.05, 0.1) is 5.60 Å². The summed E-state index contributed by atoms with van der Waals surface area (Å²) < 4.78 is 11.6. The number of ether oxygens (including phenoxy) is 2. The molecule has 2 rings (SSSR count). The van der Waals surface area contributed by atoms with Crippen molar-refractivity contribution >= 4 is 0 Å². The van der Waals surface area contributed by atoms with Crippen LogP contribution in [0.2, 0.25) is 0 Å². The van der Waals surface area contributed by atoms with Gasteiger partial charge in [-0.3, -0.25) is 0 Å². The highest BCUT2D eigenvalue weighted by Gasteiger charge is 2.31. The smallest absolute Gasteiger partial charge is 0.124 e. The monoisotopic (exact) mass is 249 g/mol. The third-order valence-electron chi connectivity index (χ3n) is 3.71. The Balaban J connectivity index is 2.15. The maximum atomic E-state index is 6.08. The SMILES string of the molecule is CNC1CC(CC(C)(C)OC)Oc2ccccc21. The molecule has 1 heterocycles. The number of nitrogens with one attached hydrogen (secondary N) is 1. The minimum absolute atomic E-state index is 0.144. The van der Waals surface area contributed by atoms with E-state index >= 15 is 0 Å². The number of methoxy groups -OCH3 is 1. The van der Waals surface area contributed by atoms with Gasteiger partial charge in [0.15, 0.2) is 0 Å². The van der Waals surface area contributed by atoms with E-state index in [1.807, 2.05) is 19.2 Å². The molecule has 0 saturated heterocycles. The summed E-state index contributed by atoms with van der Waals surface area (Å²) in [5.41, 5.74) is 1.11. The van der Waals surface area contributed by atoms with Crippen molar-refractivity contribution in [3.63, 3.8) is 0 Å². The van der Waals surface area contributed by atoms with Crippen LogP contribution in [-0.2, 0) is 4.74 Å². The molecule has 0 bridgehead atoms. The van der Waals surface area contributed by atoms with Crippen molar-refractivity contribution in [2.24, 2.45) is 0 Å². The van der Waals surface area contributed by atoms with Gasteiger partial charge in [0, 0.05) is 31.6 Å². The van der Waals surface area contributed by atoms with Crippen LogP contribution in [-0.4, -0.2) is 25.9 Å². The third-order valence-corrected chi connectivity index (χ3v) is 3.71. The molecule has 2 atom stereocenters. The molecule has 100 valence electrons. The molecular formula is C15H23NO2. The van der Waals surface area contributed by atoms with Crippen LogP contribution in [0.25, 0.3) is 0 Å². The van der Waals surface area contributed by atoms with Gasteiger partial charge < -0.3 is 14.8 Å². The van der Waals surface area contributed by atoms with Crippen molar-refractivity contribution in [2.45, 2.75) is 44.4 Å². The standard InChI is InChI=1S/C15H23NO2/c1-15(2,17-4)10-11-9-13(16-3)12-7-5-6-8-14(12)18-11/h5-8,11,13,16H,9-10H2,1-4H3. The number of hydrogen-bond donors (Lipinski definition) is 1. The van der Waals surface area contributed by atoms with E-state index < -0.39 is 0 Å². The van der Waals surface area contributed by atoms with Crippen molar-refractivity contribution in [1.82, 2.24) is 5.32 Å². The van der Waals surface area contributed by atoms with E-state index in [9.17, 15) is 0 Å². The lowest BCUT2D eigenvalue weighted by Gasteiger charge is -2.35. The Morgan fingerprint density at radius 2 is 2.11 bits per heavy atom. The number of para-hydroxylation sites is 1. The van der Waals surface area contributed by atoms with Gasteiger partial charge >= 0.3 is 0 Å². The second-order valence-electron chi connectivity index (χ2n) is 5.52. The molecule has 2 unspecified atom stereocenters. The zero-order valence-electron chi connectivity index (χ0n) is 11.7. The van der Waals surface area contributed by atoms with E-state index in [0.717, 1.165) is 18.6 Å². The summed E-state index contributed by atoms with van der Waals surface area (Å²) in [6.45, 7) is 4.20. The lowest BCUT2D eigenvalue weighted by atomic mass is 9.90. The number of benzene rings is 1. The van der Waals surface area contributed by atoms with Crippen molar-refractivity contribution in [3.05, 3.63) is 29.8 Å². The topological polar surface area (TPSA) is 30.5 Å². The van der Waals surface area contributed by atoms with Crippen molar-refractivity contribution in [3.8, 4) is 5.75 Å². The first-order valence-corrected chi connectivity index (χ1v) is 6.54. The molecule has 0 aliphatic carbocycles. The van der Waals surface area contributed by atoms with Gasteiger partial charge in [0.25, 0.3) is 0 Å². The molecule has 3 nitrogen and oxygen atoms in total. The van der Waals surface area contributed by atoms with Gasteiger partial charge in [-0.15, -0.1) is 0 Å². The molecule has 0 saturated carbocycles. The van der Waals surface area contributed by atoms with E-state index in [1.165, 1.54) is 5.56 Å². The highest BCUT2D eigenvalue weighted by atomic mass is 16.5. The molecule has 0 aromatic heterocycles. The fraction of sp³-hybridized carbons (Fsp3) is 0.600. The van der Waals surface area contributed by atoms with E-state index in [1.54, 1.807) is 7.11 Å². The normalized spacial score (nSPS) is 23.3. The average Bonchev–Trinajstić information content (AvgIpc) is 2.37. The second kappa shape index (κ2) is 5.29. The summed E-state index contributed by atoms with van der Waals surface area (Å²) in [5.74, 6) is 1.00. The van der Waals surface area contributed by atoms with Gasteiger partial charge in [0.2, 0.25) is 0 Å². The van der Waals surface area contributed by atoms with Crippen LogP contribution in [0, 0.1) is 0 Å². The average molecular weight is 249 g/mol. The van der Waals surface area contributed by atoms with E-state index in [-0.39, 0.29) is 11.7 Å². The molecule has 0 radical (unpaired) electrons. The first-order chi connectivity index (χ1) is 8.55. The Hall–Kier alpha value is -1.06. The molecule has 1 aromatic carbocycles. The van der Waals surface area contributed by atoms with E-state index in [4.69, 9.17) is 9.47 Å². The van der Waals surface area contributed by atoms with Crippen LogP contribution < -0.4 is 10.1 Å². The van der Waals surface area contributed by atoms with Crippen LogP contribution in [0.5, 0.6) is 5.75 Å². The van der Waals surface area contributed by atoms with Crippen LogP contribution in [0.3, 0.4) is 0 Å². The zero-order chi connectivity index (χ0) is 13.2. The third kappa shape index (κ3) is 2.85. The first kappa shape index (κ1) is 13.4. The highest BCUT2D eigenvalue weighted by molar-refractivity contribution is 5.37. The molecule has 0 amide bonds. The minimum Gasteiger partial charge on any atom is -0.490 e. The number of rotatable bonds is 4. The fourth-order valence-corrected chi connectivity index (χ4v) is 2.52. The zero-order valence-corrected chi connectivity index (χ0v) is 11.7. The van der Waals surface area contributed by atoms with Crippen LogP contribution >= 0.6 is 0 Å². The molecule has 1 aliphatic rings. The van der Waals surface area contributed by atoms with Crippen LogP contribution in [0.4, 0.5) is 0 Å². The van der Waals surface area contributed by atoms with E-state index in [0.29, 0.717) is 6.04 Å². The van der Waals surface area contributed by atoms with E-state index in [2.05, 4.69) is 31.3 Å². The predicted octanol–water partition coefficient (Wildman–Crippen LogP) is 2.91. The number of hydrogen-bond acceptors (Lipinski definition) is 3. The summed E-state index contributed by atoms with van der Waals surface area (Å²) in [6, 6.07) is 8.63. The number of fused-ring (bicyclic) bond motifs is 1. The van der Waals surface area contributed by atoms with Crippen LogP contribution in [0.15, 0.2) is 24.3 Å². The summed E-state index contributed by atoms with van der Waals surface area (Å²) in [7, 11) is 3.76. The lowest BCUT2D eigenvalue weighted by Crippen LogP contribution is -2.37. The summed E-state index contributed by atoms with van der Waals surface area (Å²) >= 11 is 0. The molecule has 18 heavy (non-hydrogen) atoms. The Morgan fingerprint density at radius 1 is 1.39 bits per heavy atom. The predicted molar refractivity (Wildman–Crippen MR) is 73.0 cm³/mol. The Labute approximate surface area is 109 Å². The maximum Gasteiger partial charge on any atom is 0.124 e. The quantitative estimate of drug-likeness (QED) is 0.890. The molecule has 1 N–H and O–H groups in total. The summed E-state index contributed by atoms with van der Waals surface area (Å²) in [4.78, 5) is 0. The van der Waals surface area contributed by atoms with Gasteiger partial charge in [-0.1, -0.05) is 18.2 Å². The van der Waals surface area contributed by atoms with Gasteiger partial charge in [-0.2, -0.15) is 0 Å². The Kier molecular flexibility index (Phi) is 3.93. The maximum absolute atomic E-state index is 6.08. The highest BCUT2D eigenvalue weighted by Crippen LogP contribution is 2.36. The minimum atomic E-state index is -0.144. The van der Waals surface area contributed by atoms with Gasteiger partial charge in [-0.25, -0.2) is 0 Å². The Bertz CT molecular complexity index is 403. The van der Waals surface area contributed by atoms with Gasteiger partial charge in [0.1, 0.15) is 11.9 Å². The first-order valence-electron chi connectivity index (χ1n) is 6.54. The molecule has 0 spiro atoms. The fourth-order valence-electron chi connectivity index (χ4n) is 2.52. The van der Waals surface area contributed by atoms with Gasteiger partial charge in [-0.05, 0) is 27.0 Å². The molecular weight excluding hydrogens is 226 g/mol. The van der Waals surface area contributed by atoms with Crippen molar-refractivity contribution in [1.29, 1.82) is 0 Å². The summed E-state index contributed by atoms with van der Waals surface area (Å²) in [6.07, 6.45) is 2.09. The molecule has 1 aliphatic heterocycles. The summed E-state index contributed by atoms with van der Waals surface area (Å²) in [5, 5.41) is 3.37. The Morgan fingerprint density at radius 3 is 2.78 bits per heavy atom. The molecule has 0 fully saturated rings. The van der Waals surface area contributed by atoms with Crippen LogP contribution in [0.1, 0.15) is 38.3 Å². The largest absolute Gasteiger partial charge is 0.490 e. The lowest BCUT2D eigenvalue weighted by molar-refractivity contribution is -0.0203. The van der Waals surface area contributed by atoms with Crippen molar-refractivity contribution < 1.29 is 9.47 Å². The molecule has 1 aromatic rings. The molecule has 3 heteroatoms. The van der Waals surface area contributed by atoms with Crippen molar-refractivity contribution in [2.75, 3.05) is 14.2 Å². The second-order valence-corrected chi connectivity index (χ2v) is 5.52.